The summed E-state index contributed by atoms with van der Waals surface area (Å²) in [5, 5.41) is 70.7. The summed E-state index contributed by atoms with van der Waals surface area (Å²) in [4.78, 5) is 11.0. The molecule has 0 heterocycles. The minimum Gasteiger partial charge on any atom is -0.478 e. The van der Waals surface area contributed by atoms with Crippen LogP contribution in [0.5, 0.6) is 5.75 Å². The van der Waals surface area contributed by atoms with Crippen LogP contribution in [0.25, 0.3) is 0 Å². The standard InChI is InChI=1S/C21H31O4.7C2H4O/c1-4-5-6-7-8-9-13-16-21(3,24-17-18(2)20(22)23)25-19-14-11-10-12-15-19;7*1-2-3/h10-12,14-15,17H,3-9,13,16H2,1-2H3,(H,22,23);7*1-2H2. The molecule has 1 atom stereocenters. The van der Waals surface area contributed by atoms with Gasteiger partial charge in [-0.3, -0.25) is 0 Å². The quantitative estimate of drug-likeness (QED) is 0.0994. The Morgan fingerprint density at radius 3 is 1.33 bits per heavy atom. The van der Waals surface area contributed by atoms with Crippen LogP contribution in [0, 0.1) is 55.4 Å². The predicted octanol–water partition coefficient (Wildman–Crippen LogP) is 7.50. The minimum absolute atomic E-state index is 0.115. The van der Waals surface area contributed by atoms with E-state index >= 15 is 0 Å². The number of carbonyl (C=O) groups is 1. The number of hydrogen-bond donors (Lipinski definition) is 1. The first-order valence-corrected chi connectivity index (χ1v) is 14.7. The molecule has 0 aromatic heterocycles. The van der Waals surface area contributed by atoms with Gasteiger partial charge < -0.3 is 14.6 Å². The lowest BCUT2D eigenvalue weighted by atomic mass is 10.1. The zero-order chi connectivity index (χ0) is 37.5. The molecule has 1 unspecified atom stereocenters. The second-order valence-electron chi connectivity index (χ2n) is 7.85. The van der Waals surface area contributed by atoms with Gasteiger partial charge in [-0.1, -0.05) is 63.6 Å². The third-order valence-corrected chi connectivity index (χ3v) is 4.00. The Morgan fingerprint density at radius 2 is 1.00 bits per heavy atom. The van der Waals surface area contributed by atoms with Crippen LogP contribution in [0.2, 0.25) is 0 Å². The number of carboxylic acid groups (broad SMARTS) is 1. The molecule has 0 aliphatic carbocycles. The smallest absolute Gasteiger partial charge is 0.334 e. The van der Waals surface area contributed by atoms with E-state index in [0.717, 1.165) is 12.8 Å². The summed E-state index contributed by atoms with van der Waals surface area (Å²) in [5.74, 6) is -1.48. The van der Waals surface area contributed by atoms with E-state index in [0.29, 0.717) is 12.2 Å². The van der Waals surface area contributed by atoms with Crippen LogP contribution in [0.3, 0.4) is 0 Å². The molecule has 1 aromatic rings. The summed E-state index contributed by atoms with van der Waals surface area (Å²) < 4.78 is 11.5. The van der Waals surface area contributed by atoms with Crippen molar-refractivity contribution in [1.82, 2.24) is 0 Å². The molecule has 0 saturated heterocycles. The first-order chi connectivity index (χ1) is 21.9. The average molecular weight is 656 g/mol. The summed E-state index contributed by atoms with van der Waals surface area (Å²) in [6.45, 7) is 26.5. The molecule has 1 N–H and O–H groups in total. The number of unbranched alkanes of at least 4 members (excludes halogenated alkanes) is 6. The number of benzene rings is 1. The maximum atomic E-state index is 11.0. The lowest BCUT2D eigenvalue weighted by Crippen LogP contribution is -2.34. The maximum absolute atomic E-state index is 11.0. The van der Waals surface area contributed by atoms with Crippen LogP contribution in [0.4, 0.5) is 0 Å². The largest absolute Gasteiger partial charge is 0.478 e. The van der Waals surface area contributed by atoms with Crippen LogP contribution in [-0.2, 0) is 45.3 Å². The molecule has 1 rings (SSSR count). The van der Waals surface area contributed by atoms with Gasteiger partial charge in [0, 0.05) is 13.3 Å². The van der Waals surface area contributed by atoms with Crippen LogP contribution in [0.15, 0.2) is 42.2 Å². The number of carboxylic acids is 1. The van der Waals surface area contributed by atoms with E-state index in [2.05, 4.69) is 62.3 Å². The molecular weight excluding hydrogens is 596 g/mol. The van der Waals surface area contributed by atoms with Crippen LogP contribution < -0.4 is 4.74 Å². The van der Waals surface area contributed by atoms with Crippen molar-refractivity contribution in [3.05, 3.63) is 97.6 Å². The zero-order valence-electron chi connectivity index (χ0n) is 28.3. The molecule has 46 heavy (non-hydrogen) atoms. The summed E-state index contributed by atoms with van der Waals surface area (Å²) in [6.07, 6.45) is 10.1. The van der Waals surface area contributed by atoms with E-state index in [1.54, 1.807) is 0 Å². The van der Waals surface area contributed by atoms with Gasteiger partial charge in [0.15, 0.2) is 0 Å². The first-order valence-electron chi connectivity index (χ1n) is 14.7. The Balaban J connectivity index is -0.000000118. The number of para-hydroxylation sites is 1. The van der Waals surface area contributed by atoms with E-state index in [1.165, 1.54) is 45.3 Å². The molecule has 0 spiro atoms. The Bertz CT molecular complexity index is 625. The van der Waals surface area contributed by atoms with Crippen molar-refractivity contribution in [2.75, 3.05) is 46.2 Å². The van der Waals surface area contributed by atoms with E-state index in [-0.39, 0.29) is 51.8 Å². The van der Waals surface area contributed by atoms with Crippen LogP contribution >= 0.6 is 0 Å². The molecule has 1 aromatic carbocycles. The topological polar surface area (TPSA) is 195 Å². The second-order valence-corrected chi connectivity index (χ2v) is 7.85. The van der Waals surface area contributed by atoms with Crippen molar-refractivity contribution in [2.24, 2.45) is 0 Å². The van der Waals surface area contributed by atoms with Gasteiger partial charge in [-0.05, 0) is 73.9 Å². The summed E-state index contributed by atoms with van der Waals surface area (Å²) in [6, 6.07) is 9.33. The number of ether oxygens (including phenoxy) is 2. The summed E-state index contributed by atoms with van der Waals surface area (Å²) in [5.41, 5.74) is 0.115. The lowest BCUT2D eigenvalue weighted by Gasteiger charge is -2.30. The molecule has 0 bridgehead atoms. The van der Waals surface area contributed by atoms with Gasteiger partial charge in [0.2, 0.25) is 0 Å². The molecule has 0 amide bonds. The molecular formula is C35H59O11. The molecule has 0 aliphatic heterocycles. The van der Waals surface area contributed by atoms with Crippen LogP contribution in [-0.4, -0.2) is 63.1 Å². The molecule has 11 nitrogen and oxygen atoms in total. The Hall–Kier alpha value is -2.25. The number of rotatable bonds is 13. The normalized spacial score (nSPS) is 10.3. The van der Waals surface area contributed by atoms with Gasteiger partial charge in [-0.2, -0.15) is 0 Å². The van der Waals surface area contributed by atoms with Crippen molar-refractivity contribution in [1.29, 1.82) is 0 Å². The third kappa shape index (κ3) is 73.3. The highest BCUT2D eigenvalue weighted by Crippen LogP contribution is 2.25. The second kappa shape index (κ2) is 58.3. The highest BCUT2D eigenvalue weighted by Gasteiger charge is 2.27. The Labute approximate surface area is 281 Å². The highest BCUT2D eigenvalue weighted by molar-refractivity contribution is 5.85. The molecule has 15 radical (unpaired) electrons. The minimum atomic E-state index is -1.12. The van der Waals surface area contributed by atoms with Crippen molar-refractivity contribution in [2.45, 2.75) is 71.0 Å². The van der Waals surface area contributed by atoms with Crippen molar-refractivity contribution < 1.29 is 55.1 Å². The lowest BCUT2D eigenvalue weighted by molar-refractivity contribution is -0.134. The van der Waals surface area contributed by atoms with Gasteiger partial charge in [0.25, 0.3) is 5.79 Å². The van der Waals surface area contributed by atoms with E-state index in [1.807, 2.05) is 30.3 Å². The molecule has 265 valence electrons. The summed E-state index contributed by atoms with van der Waals surface area (Å²) in [7, 11) is 0. The monoisotopic (exact) mass is 655 g/mol. The fourth-order valence-electron chi connectivity index (χ4n) is 2.43. The molecule has 0 saturated carbocycles. The predicted molar refractivity (Wildman–Crippen MR) is 177 cm³/mol. The van der Waals surface area contributed by atoms with Crippen molar-refractivity contribution in [3.63, 3.8) is 0 Å². The first kappa shape index (κ1) is 59.2. The SMILES string of the molecule is [CH2]C(CCCCCCCCC)(OC=C(C)C(=O)O)Oc1ccccc1.[CH2]C[O].[CH2]C[O].[CH2]C[O].[CH2]C[O].[CH2]C[O].[CH2]C[O].[CH2]C[O]. The van der Waals surface area contributed by atoms with E-state index in [9.17, 15) is 4.79 Å². The van der Waals surface area contributed by atoms with E-state index in [4.69, 9.17) is 50.3 Å². The Morgan fingerprint density at radius 1 is 0.674 bits per heavy atom. The fourth-order valence-corrected chi connectivity index (χ4v) is 2.43. The fraction of sp³-hybridized carbons (Fsp3) is 0.514. The molecule has 0 fully saturated rings. The average Bonchev–Trinajstić information content (AvgIpc) is 2.99. The highest BCUT2D eigenvalue weighted by atomic mass is 16.7. The zero-order valence-corrected chi connectivity index (χ0v) is 28.3. The van der Waals surface area contributed by atoms with Gasteiger partial charge in [0.05, 0.1) is 58.1 Å². The van der Waals surface area contributed by atoms with Crippen LogP contribution in [0.1, 0.15) is 65.2 Å². The molecule has 0 aliphatic rings. The van der Waals surface area contributed by atoms with Crippen molar-refractivity contribution in [3.8, 4) is 5.75 Å². The van der Waals surface area contributed by atoms with Gasteiger partial charge >= 0.3 is 5.97 Å². The van der Waals surface area contributed by atoms with Gasteiger partial charge in [-0.15, -0.1) is 0 Å². The summed E-state index contributed by atoms with van der Waals surface area (Å²) >= 11 is 0. The number of aliphatic carboxylic acids is 1. The van der Waals surface area contributed by atoms with Gasteiger partial charge in [-0.25, -0.2) is 40.5 Å². The van der Waals surface area contributed by atoms with Gasteiger partial charge in [0.1, 0.15) is 5.75 Å². The maximum Gasteiger partial charge on any atom is 0.334 e. The third-order valence-electron chi connectivity index (χ3n) is 4.00. The molecule has 11 heteroatoms. The van der Waals surface area contributed by atoms with Crippen molar-refractivity contribution >= 4 is 5.97 Å². The Kier molecular flexibility index (Phi) is 75.0. The number of hydrogen-bond acceptors (Lipinski definition) is 3. The van der Waals surface area contributed by atoms with E-state index < -0.39 is 11.8 Å².